The summed E-state index contributed by atoms with van der Waals surface area (Å²) >= 11 is 1.78. The van der Waals surface area contributed by atoms with Crippen molar-refractivity contribution in [1.82, 2.24) is 5.32 Å². The first-order valence-electron chi connectivity index (χ1n) is 5.44. The molecule has 94 valence electrons. The van der Waals surface area contributed by atoms with Crippen LogP contribution in [0.2, 0.25) is 0 Å². The molecule has 0 fully saturated rings. The Morgan fingerprint density at radius 2 is 2.12 bits per heavy atom. The molecule has 17 heavy (non-hydrogen) atoms. The first-order valence-corrected chi connectivity index (χ1v) is 6.83. The normalized spacial score (nSPS) is 10.2. The third-order valence-corrected chi connectivity index (χ3v) is 2.98. The molecule has 5 heteroatoms. The van der Waals surface area contributed by atoms with E-state index in [1.807, 2.05) is 6.26 Å². The predicted octanol–water partition coefficient (Wildman–Crippen LogP) is 1.97. The molecule has 0 aromatic heterocycles. The Bertz CT molecular complexity index is 382. The Balaban J connectivity index is 2.44. The lowest BCUT2D eigenvalue weighted by molar-refractivity contribution is 0.0950. The molecule has 0 spiro atoms. The summed E-state index contributed by atoms with van der Waals surface area (Å²) in [6.07, 6.45) is 4.00. The molecule has 1 aromatic carbocycles. The van der Waals surface area contributed by atoms with Crippen LogP contribution in [0.5, 0.6) is 11.5 Å². The van der Waals surface area contributed by atoms with Crippen LogP contribution >= 0.6 is 11.8 Å². The number of nitrogens with one attached hydrogen (secondary N) is 1. The molecule has 0 atom stereocenters. The predicted molar refractivity (Wildman–Crippen MR) is 69.7 cm³/mol. The second-order valence-electron chi connectivity index (χ2n) is 3.66. The second kappa shape index (κ2) is 7.06. The Hall–Kier alpha value is -1.36. The third kappa shape index (κ3) is 4.56. The molecule has 0 bridgehead atoms. The molecule has 1 rings (SSSR count). The number of phenolic OH excluding ortho intramolecular Hbond substituents is 2. The van der Waals surface area contributed by atoms with Gasteiger partial charge in [-0.3, -0.25) is 4.79 Å². The van der Waals surface area contributed by atoms with Gasteiger partial charge in [-0.15, -0.1) is 0 Å². The van der Waals surface area contributed by atoms with Crippen LogP contribution in [0.3, 0.4) is 0 Å². The van der Waals surface area contributed by atoms with E-state index in [0.717, 1.165) is 18.6 Å². The van der Waals surface area contributed by atoms with Gasteiger partial charge < -0.3 is 15.5 Å². The third-order valence-electron chi connectivity index (χ3n) is 2.29. The first-order chi connectivity index (χ1) is 8.15. The van der Waals surface area contributed by atoms with Gasteiger partial charge in [-0.25, -0.2) is 0 Å². The van der Waals surface area contributed by atoms with Crippen molar-refractivity contribution in [3.05, 3.63) is 23.8 Å². The summed E-state index contributed by atoms with van der Waals surface area (Å²) in [7, 11) is 0. The highest BCUT2D eigenvalue weighted by atomic mass is 32.2. The number of unbranched alkanes of at least 4 members (excludes halogenated alkanes) is 1. The zero-order chi connectivity index (χ0) is 12.7. The van der Waals surface area contributed by atoms with E-state index in [-0.39, 0.29) is 23.0 Å². The Labute approximate surface area is 105 Å². The van der Waals surface area contributed by atoms with Gasteiger partial charge in [0, 0.05) is 6.54 Å². The summed E-state index contributed by atoms with van der Waals surface area (Å²) in [6.45, 7) is 0.578. The molecule has 1 amide bonds. The smallest absolute Gasteiger partial charge is 0.255 e. The summed E-state index contributed by atoms with van der Waals surface area (Å²) in [5, 5.41) is 21.4. The highest BCUT2D eigenvalue weighted by molar-refractivity contribution is 7.98. The molecular weight excluding hydrogens is 238 g/mol. The first kappa shape index (κ1) is 13.7. The minimum atomic E-state index is -0.359. The van der Waals surface area contributed by atoms with Crippen LogP contribution in [0.25, 0.3) is 0 Å². The maximum absolute atomic E-state index is 11.7. The molecule has 3 N–H and O–H groups in total. The number of carbonyl (C=O) groups is 1. The fraction of sp³-hybridized carbons (Fsp3) is 0.417. The maximum Gasteiger partial charge on any atom is 0.255 e. The Kier molecular flexibility index (Phi) is 5.69. The molecule has 0 saturated carbocycles. The summed E-state index contributed by atoms with van der Waals surface area (Å²) in [5.74, 6) is 0.565. The Morgan fingerprint density at radius 3 is 2.82 bits per heavy atom. The number of carbonyl (C=O) groups excluding carboxylic acids is 1. The maximum atomic E-state index is 11.7. The lowest BCUT2D eigenvalue weighted by Gasteiger charge is -2.06. The van der Waals surface area contributed by atoms with Crippen molar-refractivity contribution in [2.45, 2.75) is 12.8 Å². The van der Waals surface area contributed by atoms with Crippen LogP contribution in [0.15, 0.2) is 18.2 Å². The summed E-state index contributed by atoms with van der Waals surface area (Å²) in [6, 6.07) is 3.90. The number of hydrogen-bond donors (Lipinski definition) is 3. The largest absolute Gasteiger partial charge is 0.508 e. The number of aromatic hydroxyl groups is 2. The minimum Gasteiger partial charge on any atom is -0.508 e. The van der Waals surface area contributed by atoms with Gasteiger partial charge in [-0.1, -0.05) is 0 Å². The van der Waals surface area contributed by atoms with Crippen molar-refractivity contribution in [3.8, 4) is 11.5 Å². The molecular formula is C12H17NO3S. The number of hydrogen-bond acceptors (Lipinski definition) is 4. The van der Waals surface area contributed by atoms with Gasteiger partial charge in [-0.2, -0.15) is 11.8 Å². The minimum absolute atomic E-state index is 0.0321. The summed E-state index contributed by atoms with van der Waals surface area (Å²) in [4.78, 5) is 11.7. The zero-order valence-electron chi connectivity index (χ0n) is 9.77. The molecule has 0 radical (unpaired) electrons. The van der Waals surface area contributed by atoms with Crippen LogP contribution < -0.4 is 5.32 Å². The van der Waals surface area contributed by atoms with Crippen LogP contribution in [0.1, 0.15) is 23.2 Å². The molecule has 0 heterocycles. The second-order valence-corrected chi connectivity index (χ2v) is 4.64. The van der Waals surface area contributed by atoms with Gasteiger partial charge in [0.2, 0.25) is 0 Å². The van der Waals surface area contributed by atoms with E-state index in [4.69, 9.17) is 0 Å². The fourth-order valence-electron chi connectivity index (χ4n) is 1.37. The molecule has 0 saturated heterocycles. The van der Waals surface area contributed by atoms with Crippen molar-refractivity contribution in [1.29, 1.82) is 0 Å². The topological polar surface area (TPSA) is 69.6 Å². The van der Waals surface area contributed by atoms with Crippen molar-refractivity contribution in [3.63, 3.8) is 0 Å². The van der Waals surface area contributed by atoms with E-state index in [1.165, 1.54) is 18.2 Å². The van der Waals surface area contributed by atoms with Gasteiger partial charge in [0.25, 0.3) is 5.91 Å². The fourth-order valence-corrected chi connectivity index (χ4v) is 1.87. The van der Waals surface area contributed by atoms with Crippen molar-refractivity contribution < 1.29 is 15.0 Å². The molecule has 1 aromatic rings. The number of rotatable bonds is 6. The Morgan fingerprint density at radius 1 is 1.35 bits per heavy atom. The van der Waals surface area contributed by atoms with E-state index >= 15 is 0 Å². The standard InChI is InChI=1S/C12H17NO3S/c1-17-7-3-2-6-13-12(16)10-8-9(14)4-5-11(10)15/h4-5,8,14-15H,2-3,6-7H2,1H3,(H,13,16). The van der Waals surface area contributed by atoms with Gasteiger partial charge in [0.1, 0.15) is 11.5 Å². The SMILES string of the molecule is CSCCCCNC(=O)c1cc(O)ccc1O. The van der Waals surface area contributed by atoms with Gasteiger partial charge >= 0.3 is 0 Å². The van der Waals surface area contributed by atoms with Crippen LogP contribution in [-0.2, 0) is 0 Å². The molecule has 0 aliphatic heterocycles. The monoisotopic (exact) mass is 255 g/mol. The molecule has 0 aliphatic rings. The van der Waals surface area contributed by atoms with Crippen LogP contribution in [0, 0.1) is 0 Å². The lowest BCUT2D eigenvalue weighted by Crippen LogP contribution is -2.24. The van der Waals surface area contributed by atoms with E-state index in [1.54, 1.807) is 11.8 Å². The van der Waals surface area contributed by atoms with E-state index in [2.05, 4.69) is 5.32 Å². The van der Waals surface area contributed by atoms with Crippen LogP contribution in [-0.4, -0.2) is 34.7 Å². The number of thioether (sulfide) groups is 1. The number of amides is 1. The molecule has 0 unspecified atom stereocenters. The lowest BCUT2D eigenvalue weighted by atomic mass is 10.1. The van der Waals surface area contributed by atoms with E-state index in [9.17, 15) is 15.0 Å². The number of phenols is 2. The van der Waals surface area contributed by atoms with Gasteiger partial charge in [0.05, 0.1) is 5.56 Å². The van der Waals surface area contributed by atoms with E-state index in [0.29, 0.717) is 6.54 Å². The quantitative estimate of drug-likeness (QED) is 0.537. The highest BCUT2D eigenvalue weighted by Gasteiger charge is 2.10. The van der Waals surface area contributed by atoms with Crippen molar-refractivity contribution in [2.24, 2.45) is 0 Å². The zero-order valence-corrected chi connectivity index (χ0v) is 10.6. The molecule has 4 nitrogen and oxygen atoms in total. The highest BCUT2D eigenvalue weighted by Crippen LogP contribution is 2.21. The van der Waals surface area contributed by atoms with Crippen molar-refractivity contribution >= 4 is 17.7 Å². The average molecular weight is 255 g/mol. The average Bonchev–Trinajstić information content (AvgIpc) is 2.32. The van der Waals surface area contributed by atoms with E-state index < -0.39 is 0 Å². The molecule has 0 aliphatic carbocycles. The summed E-state index contributed by atoms with van der Waals surface area (Å²) < 4.78 is 0. The van der Waals surface area contributed by atoms with Crippen molar-refractivity contribution in [2.75, 3.05) is 18.6 Å². The number of benzene rings is 1. The van der Waals surface area contributed by atoms with Gasteiger partial charge in [0.15, 0.2) is 0 Å². The van der Waals surface area contributed by atoms with Gasteiger partial charge in [-0.05, 0) is 43.0 Å². The summed E-state index contributed by atoms with van der Waals surface area (Å²) in [5.41, 5.74) is 0.106. The van der Waals surface area contributed by atoms with Crippen LogP contribution in [0.4, 0.5) is 0 Å².